The van der Waals surface area contributed by atoms with Crippen LogP contribution in [0.3, 0.4) is 0 Å². The van der Waals surface area contributed by atoms with E-state index in [-0.39, 0.29) is 17.9 Å². The maximum atomic E-state index is 12.1. The summed E-state index contributed by atoms with van der Waals surface area (Å²) in [6, 6.07) is 6.92. The molecule has 0 aliphatic carbocycles. The molecule has 1 aromatic rings. The quantitative estimate of drug-likeness (QED) is 0.882. The number of sulfone groups is 1. The number of benzene rings is 1. The van der Waals surface area contributed by atoms with Gasteiger partial charge >= 0.3 is 0 Å². The van der Waals surface area contributed by atoms with Crippen molar-refractivity contribution in [2.24, 2.45) is 0 Å². The van der Waals surface area contributed by atoms with Crippen molar-refractivity contribution in [1.82, 2.24) is 0 Å². The number of hydrogen-bond acceptors (Lipinski definition) is 5. The van der Waals surface area contributed by atoms with E-state index in [1.165, 1.54) is 0 Å². The smallest absolute Gasteiger partial charge is 0.236 e. The van der Waals surface area contributed by atoms with Crippen molar-refractivity contribution in [3.05, 3.63) is 24.3 Å². The third-order valence-electron chi connectivity index (χ3n) is 3.27. The normalized spacial score (nSPS) is 21.6. The molecule has 0 radical (unpaired) electrons. The molecule has 0 aromatic heterocycles. The molecule has 2 rings (SSSR count). The van der Waals surface area contributed by atoms with Crippen LogP contribution in [0.5, 0.6) is 0 Å². The van der Waals surface area contributed by atoms with Gasteiger partial charge < -0.3 is 4.90 Å². The molecule has 1 aliphatic heterocycles. The number of nitrogens with zero attached hydrogens (tertiary/aromatic N) is 1. The molecule has 20 heavy (non-hydrogen) atoms. The third-order valence-corrected chi connectivity index (χ3v) is 7.05. The lowest BCUT2D eigenvalue weighted by Gasteiger charge is -2.15. The van der Waals surface area contributed by atoms with Crippen LogP contribution >= 0.6 is 0 Å². The van der Waals surface area contributed by atoms with Crippen molar-refractivity contribution in [3.8, 4) is 0 Å². The molecule has 1 fully saturated rings. The van der Waals surface area contributed by atoms with Crippen LogP contribution in [0.15, 0.2) is 24.3 Å². The molecular formula is C12H18N2O4S2. The summed E-state index contributed by atoms with van der Waals surface area (Å²) in [5.74, 6) is -0.351. The first-order chi connectivity index (χ1) is 9.20. The second kappa shape index (κ2) is 5.25. The first-order valence-corrected chi connectivity index (χ1v) is 9.56. The Kier molecular flexibility index (Phi) is 3.97. The maximum absolute atomic E-state index is 12.1. The first kappa shape index (κ1) is 15.1. The van der Waals surface area contributed by atoms with Crippen LogP contribution in [0.4, 0.5) is 11.4 Å². The Labute approximate surface area is 119 Å². The fraction of sp³-hybridized carbons (Fsp3) is 0.500. The molecule has 1 saturated heterocycles. The summed E-state index contributed by atoms with van der Waals surface area (Å²) in [5.41, 5.74) is 1.40. The molecule has 1 atom stereocenters. The number of nitrogens with one attached hydrogen (secondary N) is 1. The highest BCUT2D eigenvalue weighted by atomic mass is 32.2. The number of sulfonamides is 1. The molecule has 8 heteroatoms. The molecule has 1 N–H and O–H groups in total. The average Bonchev–Trinajstić information content (AvgIpc) is 2.70. The molecule has 1 heterocycles. The molecule has 6 nitrogen and oxygen atoms in total. The highest BCUT2D eigenvalue weighted by Crippen LogP contribution is 2.22. The van der Waals surface area contributed by atoms with Gasteiger partial charge in [-0.2, -0.15) is 0 Å². The van der Waals surface area contributed by atoms with Crippen molar-refractivity contribution >= 4 is 31.2 Å². The van der Waals surface area contributed by atoms with Gasteiger partial charge in [-0.1, -0.05) is 0 Å². The van der Waals surface area contributed by atoms with E-state index in [2.05, 4.69) is 4.72 Å². The van der Waals surface area contributed by atoms with Crippen LogP contribution in [0, 0.1) is 0 Å². The van der Waals surface area contributed by atoms with Crippen molar-refractivity contribution in [1.29, 1.82) is 0 Å². The van der Waals surface area contributed by atoms with Gasteiger partial charge in [0.1, 0.15) is 0 Å². The summed E-state index contributed by atoms with van der Waals surface area (Å²) in [4.78, 5) is 1.90. The zero-order valence-corrected chi connectivity index (χ0v) is 13.0. The van der Waals surface area contributed by atoms with E-state index >= 15 is 0 Å². The van der Waals surface area contributed by atoms with Gasteiger partial charge in [0.15, 0.2) is 9.84 Å². The zero-order valence-electron chi connectivity index (χ0n) is 11.4. The van der Waals surface area contributed by atoms with E-state index in [4.69, 9.17) is 0 Å². The number of hydrogen-bond donors (Lipinski definition) is 1. The lowest BCUT2D eigenvalue weighted by atomic mass is 10.3. The second-order valence-corrected chi connectivity index (χ2v) is 9.30. The summed E-state index contributed by atoms with van der Waals surface area (Å²) < 4.78 is 49.4. The number of rotatable bonds is 4. The SMILES string of the molecule is CN(C)c1ccc(NS(=O)(=O)C2CCS(=O)(=O)C2)cc1. The standard InChI is InChI=1S/C12H18N2O4S2/c1-14(2)11-5-3-10(4-6-11)13-20(17,18)12-7-8-19(15,16)9-12/h3-6,12-13H,7-9H2,1-2H3. The fourth-order valence-electron chi connectivity index (χ4n) is 2.08. The Balaban J connectivity index is 2.13. The van der Waals surface area contributed by atoms with Gasteiger partial charge in [0.25, 0.3) is 0 Å². The van der Waals surface area contributed by atoms with Crippen molar-refractivity contribution in [2.45, 2.75) is 11.7 Å². The van der Waals surface area contributed by atoms with Gasteiger partial charge in [0.2, 0.25) is 10.0 Å². The maximum Gasteiger partial charge on any atom is 0.236 e. The van der Waals surface area contributed by atoms with Gasteiger partial charge in [0.05, 0.1) is 16.8 Å². The van der Waals surface area contributed by atoms with Crippen LogP contribution in [0.25, 0.3) is 0 Å². The van der Waals surface area contributed by atoms with Crippen molar-refractivity contribution in [3.63, 3.8) is 0 Å². The van der Waals surface area contributed by atoms with Crippen LogP contribution in [-0.2, 0) is 19.9 Å². The molecule has 112 valence electrons. The van der Waals surface area contributed by atoms with Crippen LogP contribution in [0.1, 0.15) is 6.42 Å². The summed E-state index contributed by atoms with van der Waals surface area (Å²) in [6.07, 6.45) is 0.160. The molecule has 1 aromatic carbocycles. The summed E-state index contributed by atoms with van der Waals surface area (Å²) in [7, 11) is -3.09. The lowest BCUT2D eigenvalue weighted by molar-refractivity contribution is 0.587. The largest absolute Gasteiger partial charge is 0.378 e. The van der Waals surface area contributed by atoms with E-state index in [1.54, 1.807) is 24.3 Å². The van der Waals surface area contributed by atoms with Gasteiger partial charge in [0, 0.05) is 25.5 Å². The molecule has 0 amide bonds. The van der Waals surface area contributed by atoms with Crippen molar-refractivity contribution < 1.29 is 16.8 Å². The van der Waals surface area contributed by atoms with Gasteiger partial charge in [-0.3, -0.25) is 4.72 Å². The first-order valence-electron chi connectivity index (χ1n) is 6.19. The predicted octanol–water partition coefficient (Wildman–Crippen LogP) is 0.681. The van der Waals surface area contributed by atoms with Crippen LogP contribution in [0.2, 0.25) is 0 Å². The van der Waals surface area contributed by atoms with E-state index < -0.39 is 25.1 Å². The monoisotopic (exact) mass is 318 g/mol. The van der Waals surface area contributed by atoms with E-state index in [0.717, 1.165) is 5.69 Å². The molecule has 0 spiro atoms. The minimum Gasteiger partial charge on any atom is -0.378 e. The lowest BCUT2D eigenvalue weighted by Crippen LogP contribution is -2.28. The highest BCUT2D eigenvalue weighted by Gasteiger charge is 2.37. The Bertz CT molecular complexity index is 679. The van der Waals surface area contributed by atoms with E-state index in [1.807, 2.05) is 19.0 Å². The average molecular weight is 318 g/mol. The van der Waals surface area contributed by atoms with Crippen LogP contribution in [-0.4, -0.2) is 47.7 Å². The predicted molar refractivity (Wildman–Crippen MR) is 80.4 cm³/mol. The van der Waals surface area contributed by atoms with Gasteiger partial charge in [-0.05, 0) is 30.7 Å². The van der Waals surface area contributed by atoms with Gasteiger partial charge in [-0.15, -0.1) is 0 Å². The Morgan fingerprint density at radius 2 is 1.80 bits per heavy atom. The topological polar surface area (TPSA) is 83.6 Å². The van der Waals surface area contributed by atoms with Gasteiger partial charge in [-0.25, -0.2) is 16.8 Å². The number of anilines is 2. The summed E-state index contributed by atoms with van der Waals surface area (Å²) in [5, 5.41) is -0.860. The fourth-order valence-corrected chi connectivity index (χ4v) is 6.17. The molecule has 0 saturated carbocycles. The minimum atomic E-state index is -3.66. The Morgan fingerprint density at radius 3 is 2.25 bits per heavy atom. The second-order valence-electron chi connectivity index (χ2n) is 5.11. The summed E-state index contributed by atoms with van der Waals surface area (Å²) >= 11 is 0. The molecule has 1 unspecified atom stereocenters. The Morgan fingerprint density at radius 1 is 1.20 bits per heavy atom. The van der Waals surface area contributed by atoms with Crippen molar-refractivity contribution in [2.75, 3.05) is 35.2 Å². The van der Waals surface area contributed by atoms with E-state index in [0.29, 0.717) is 5.69 Å². The Hall–Kier alpha value is -1.28. The molecule has 0 bridgehead atoms. The van der Waals surface area contributed by atoms with E-state index in [9.17, 15) is 16.8 Å². The van der Waals surface area contributed by atoms with Crippen LogP contribution < -0.4 is 9.62 Å². The highest BCUT2D eigenvalue weighted by molar-refractivity contribution is 7.97. The zero-order chi connectivity index (χ0) is 15.0. The third kappa shape index (κ3) is 3.43. The minimum absolute atomic E-state index is 0.0574. The summed E-state index contributed by atoms with van der Waals surface area (Å²) in [6.45, 7) is 0. The molecule has 1 aliphatic rings. The molecular weight excluding hydrogens is 300 g/mol.